The lowest BCUT2D eigenvalue weighted by Crippen LogP contribution is -2.33. The highest BCUT2D eigenvalue weighted by Gasteiger charge is 2.18. The zero-order valence-corrected chi connectivity index (χ0v) is 18.7. The molecule has 0 aromatic heterocycles. The van der Waals surface area contributed by atoms with Crippen LogP contribution in [0.3, 0.4) is 0 Å². The standard InChI is InChI=1S/C30H17F2NO3/c31-26-17-20(18-27(32)24(26)15-16-25-28(34)30(36)29(25)35)19-11-13-23(14-12-19)33(21-7-3-1-4-8-21)22-9-5-2-6-10-22/h1-14,17-18,34H. The third-order valence-electron chi connectivity index (χ3n) is 5.73. The molecule has 0 fully saturated rings. The van der Waals surface area contributed by atoms with E-state index < -0.39 is 39.4 Å². The van der Waals surface area contributed by atoms with Gasteiger partial charge in [-0.15, -0.1) is 0 Å². The van der Waals surface area contributed by atoms with Crippen LogP contribution in [0.15, 0.2) is 107 Å². The SMILES string of the molecule is O=c1c(O)c(C#Cc2c(F)cc(-c3ccc(N(c4ccccc4)c4ccccc4)cc3)cc2F)c1=O. The highest BCUT2D eigenvalue weighted by atomic mass is 19.1. The molecule has 174 valence electrons. The quantitative estimate of drug-likeness (QED) is 0.263. The van der Waals surface area contributed by atoms with Crippen molar-refractivity contribution < 1.29 is 13.9 Å². The van der Waals surface area contributed by atoms with Gasteiger partial charge in [0.05, 0.1) is 5.56 Å². The number of para-hydroxylation sites is 2. The van der Waals surface area contributed by atoms with Crippen LogP contribution in [0.1, 0.15) is 11.1 Å². The van der Waals surface area contributed by atoms with Crippen LogP contribution in [0.4, 0.5) is 25.8 Å². The van der Waals surface area contributed by atoms with Gasteiger partial charge in [0.1, 0.15) is 17.2 Å². The van der Waals surface area contributed by atoms with Gasteiger partial charge in [-0.2, -0.15) is 0 Å². The lowest BCUT2D eigenvalue weighted by molar-refractivity contribution is 0.461. The second-order valence-corrected chi connectivity index (χ2v) is 8.00. The average molecular weight is 477 g/mol. The largest absolute Gasteiger partial charge is 0.503 e. The molecule has 0 saturated carbocycles. The van der Waals surface area contributed by atoms with Crippen molar-refractivity contribution in [3.63, 3.8) is 0 Å². The van der Waals surface area contributed by atoms with Crippen LogP contribution in [-0.4, -0.2) is 5.11 Å². The Morgan fingerprint density at radius 2 is 1.06 bits per heavy atom. The fourth-order valence-electron chi connectivity index (χ4n) is 3.88. The van der Waals surface area contributed by atoms with Crippen LogP contribution in [0.5, 0.6) is 5.75 Å². The summed E-state index contributed by atoms with van der Waals surface area (Å²) in [6.45, 7) is 0. The van der Waals surface area contributed by atoms with E-state index in [1.54, 1.807) is 12.1 Å². The molecule has 0 saturated heterocycles. The Hall–Kier alpha value is -5.02. The van der Waals surface area contributed by atoms with Gasteiger partial charge in [0.25, 0.3) is 5.43 Å². The molecular weight excluding hydrogens is 460 g/mol. The number of halogens is 2. The van der Waals surface area contributed by atoms with Crippen molar-refractivity contribution in [3.8, 4) is 28.7 Å². The summed E-state index contributed by atoms with van der Waals surface area (Å²) >= 11 is 0. The minimum absolute atomic E-state index is 0.310. The summed E-state index contributed by atoms with van der Waals surface area (Å²) in [5, 5.41) is 9.38. The molecule has 0 unspecified atom stereocenters. The lowest BCUT2D eigenvalue weighted by atomic mass is 10.0. The smallest absolute Gasteiger partial charge is 0.270 e. The van der Waals surface area contributed by atoms with E-state index >= 15 is 0 Å². The van der Waals surface area contributed by atoms with Crippen molar-refractivity contribution in [3.05, 3.63) is 140 Å². The number of aromatic hydroxyl groups is 1. The maximum atomic E-state index is 14.7. The molecule has 36 heavy (non-hydrogen) atoms. The molecule has 0 amide bonds. The van der Waals surface area contributed by atoms with Gasteiger partial charge in [0.2, 0.25) is 5.43 Å². The summed E-state index contributed by atoms with van der Waals surface area (Å²) in [4.78, 5) is 24.5. The molecule has 5 aromatic carbocycles. The van der Waals surface area contributed by atoms with Crippen molar-refractivity contribution in [2.24, 2.45) is 0 Å². The first-order chi connectivity index (χ1) is 17.4. The van der Waals surface area contributed by atoms with Crippen molar-refractivity contribution in [2.45, 2.75) is 0 Å². The first kappa shape index (κ1) is 22.8. The summed E-state index contributed by atoms with van der Waals surface area (Å²) in [6.07, 6.45) is 0. The molecule has 0 atom stereocenters. The monoisotopic (exact) mass is 477 g/mol. The summed E-state index contributed by atoms with van der Waals surface area (Å²) in [6, 6.07) is 29.2. The fraction of sp³-hybridized carbons (Fsp3) is 0. The zero-order chi connectivity index (χ0) is 25.2. The van der Waals surface area contributed by atoms with E-state index in [9.17, 15) is 23.5 Å². The third-order valence-corrected chi connectivity index (χ3v) is 5.73. The maximum absolute atomic E-state index is 14.7. The van der Waals surface area contributed by atoms with E-state index in [4.69, 9.17) is 0 Å². The number of nitrogens with zero attached hydrogens (tertiary/aromatic N) is 1. The van der Waals surface area contributed by atoms with Crippen LogP contribution >= 0.6 is 0 Å². The Morgan fingerprint density at radius 1 is 0.583 bits per heavy atom. The number of hydrogen-bond acceptors (Lipinski definition) is 4. The molecule has 0 aliphatic carbocycles. The van der Waals surface area contributed by atoms with Gasteiger partial charge in [-0.25, -0.2) is 8.78 Å². The molecule has 0 bridgehead atoms. The van der Waals surface area contributed by atoms with Gasteiger partial charge in [0.15, 0.2) is 5.75 Å². The van der Waals surface area contributed by atoms with E-state index in [1.807, 2.05) is 72.8 Å². The predicted molar refractivity (Wildman–Crippen MR) is 135 cm³/mol. The molecule has 1 N–H and O–H groups in total. The van der Waals surface area contributed by atoms with Crippen LogP contribution in [0.2, 0.25) is 0 Å². The Bertz CT molecular complexity index is 1630. The number of benzene rings is 4. The lowest BCUT2D eigenvalue weighted by Gasteiger charge is -2.25. The van der Waals surface area contributed by atoms with Crippen molar-refractivity contribution >= 4 is 17.1 Å². The second kappa shape index (κ2) is 9.32. The second-order valence-electron chi connectivity index (χ2n) is 8.00. The van der Waals surface area contributed by atoms with Gasteiger partial charge in [0, 0.05) is 17.1 Å². The highest BCUT2D eigenvalue weighted by Crippen LogP contribution is 2.35. The van der Waals surface area contributed by atoms with Crippen LogP contribution in [0, 0.1) is 23.5 Å². The Morgan fingerprint density at radius 3 is 1.56 bits per heavy atom. The topological polar surface area (TPSA) is 57.6 Å². The molecule has 5 aromatic rings. The summed E-state index contributed by atoms with van der Waals surface area (Å²) < 4.78 is 29.4. The predicted octanol–water partition coefficient (Wildman–Crippen LogP) is 5.80. The Labute approximate surface area is 205 Å². The van der Waals surface area contributed by atoms with E-state index in [0.717, 1.165) is 29.2 Å². The minimum atomic E-state index is -1.06. The highest BCUT2D eigenvalue weighted by molar-refractivity contribution is 5.78. The molecule has 0 heterocycles. The Balaban J connectivity index is 1.48. The number of hydrogen-bond donors (Lipinski definition) is 1. The molecular formula is C30H17F2NO3. The molecule has 0 aliphatic rings. The van der Waals surface area contributed by atoms with Gasteiger partial charge in [-0.1, -0.05) is 60.4 Å². The third kappa shape index (κ3) is 4.15. The molecule has 0 radical (unpaired) electrons. The van der Waals surface area contributed by atoms with E-state index in [1.165, 1.54) is 0 Å². The zero-order valence-electron chi connectivity index (χ0n) is 18.7. The molecule has 4 nitrogen and oxygen atoms in total. The number of anilines is 3. The van der Waals surface area contributed by atoms with Crippen molar-refractivity contribution in [1.82, 2.24) is 0 Å². The van der Waals surface area contributed by atoms with Gasteiger partial charge in [-0.05, 0) is 59.7 Å². The molecule has 0 aliphatic heterocycles. The first-order valence-electron chi connectivity index (χ1n) is 11.0. The van der Waals surface area contributed by atoms with Crippen molar-refractivity contribution in [2.75, 3.05) is 4.90 Å². The van der Waals surface area contributed by atoms with E-state index in [0.29, 0.717) is 11.1 Å². The van der Waals surface area contributed by atoms with Crippen LogP contribution < -0.4 is 15.8 Å². The van der Waals surface area contributed by atoms with Crippen LogP contribution in [-0.2, 0) is 0 Å². The van der Waals surface area contributed by atoms with Crippen molar-refractivity contribution in [1.29, 1.82) is 0 Å². The van der Waals surface area contributed by atoms with Crippen LogP contribution in [0.25, 0.3) is 11.1 Å². The summed E-state index contributed by atoms with van der Waals surface area (Å²) in [5.41, 5.74) is 0.667. The summed E-state index contributed by atoms with van der Waals surface area (Å²) in [7, 11) is 0. The van der Waals surface area contributed by atoms with Gasteiger partial charge < -0.3 is 10.0 Å². The van der Waals surface area contributed by atoms with Gasteiger partial charge >= 0.3 is 0 Å². The van der Waals surface area contributed by atoms with E-state index in [-0.39, 0.29) is 0 Å². The van der Waals surface area contributed by atoms with Gasteiger partial charge in [-0.3, -0.25) is 9.59 Å². The Kier molecular flexibility index (Phi) is 5.89. The average Bonchev–Trinajstić information content (AvgIpc) is 2.91. The minimum Gasteiger partial charge on any atom is -0.503 e. The number of rotatable bonds is 4. The normalized spacial score (nSPS) is 10.6. The fourth-order valence-corrected chi connectivity index (χ4v) is 3.88. The molecule has 0 spiro atoms. The molecule has 6 heteroatoms. The summed E-state index contributed by atoms with van der Waals surface area (Å²) in [5.74, 6) is 1.76. The molecule has 5 rings (SSSR count). The first-order valence-corrected chi connectivity index (χ1v) is 11.0. The maximum Gasteiger partial charge on any atom is 0.270 e. The van der Waals surface area contributed by atoms with E-state index in [2.05, 4.69) is 16.7 Å².